The number of aromatic hydroxyl groups is 1. The van der Waals surface area contributed by atoms with Gasteiger partial charge in [0.1, 0.15) is 11.8 Å². The number of hydrogen-bond acceptors (Lipinski definition) is 8. The first-order valence-corrected chi connectivity index (χ1v) is 11.7. The molecule has 1 unspecified atom stereocenters. The summed E-state index contributed by atoms with van der Waals surface area (Å²) in [5, 5.41) is 20.6. The van der Waals surface area contributed by atoms with Crippen molar-refractivity contribution in [3.63, 3.8) is 0 Å². The van der Waals surface area contributed by atoms with Crippen LogP contribution in [-0.4, -0.2) is 44.5 Å². The summed E-state index contributed by atoms with van der Waals surface area (Å²) in [7, 11) is 1.57. The van der Waals surface area contributed by atoms with Crippen molar-refractivity contribution in [3.8, 4) is 28.6 Å². The molecule has 0 fully saturated rings. The number of pyridine rings is 1. The number of nitrogens with zero attached hydrogens (tertiary/aromatic N) is 4. The molecule has 188 valence electrons. The first-order chi connectivity index (χ1) is 18.0. The SMILES string of the molecule is CCOc1ccc(C2C(C(=O)Nc3cccnc3)=C(C)Nc3nc(-c4ccc(O)cc4)nn32)cc1OC. The Morgan fingerprint density at radius 3 is 2.68 bits per heavy atom. The smallest absolute Gasteiger partial charge is 0.255 e. The van der Waals surface area contributed by atoms with Crippen molar-refractivity contribution in [2.75, 3.05) is 24.4 Å². The topological polar surface area (TPSA) is 123 Å². The zero-order chi connectivity index (χ0) is 25.9. The van der Waals surface area contributed by atoms with Crippen molar-refractivity contribution in [1.82, 2.24) is 19.7 Å². The van der Waals surface area contributed by atoms with E-state index in [0.29, 0.717) is 46.8 Å². The van der Waals surface area contributed by atoms with Crippen LogP contribution >= 0.6 is 0 Å². The minimum Gasteiger partial charge on any atom is -0.508 e. The highest BCUT2D eigenvalue weighted by atomic mass is 16.5. The first kappa shape index (κ1) is 23.9. The number of nitrogens with one attached hydrogen (secondary N) is 2. The fourth-order valence-electron chi connectivity index (χ4n) is 4.25. The van der Waals surface area contributed by atoms with Crippen molar-refractivity contribution in [1.29, 1.82) is 0 Å². The van der Waals surface area contributed by atoms with Crippen molar-refractivity contribution in [2.24, 2.45) is 0 Å². The van der Waals surface area contributed by atoms with Crippen LogP contribution in [0.5, 0.6) is 17.2 Å². The number of rotatable bonds is 7. The number of phenolic OH excluding ortho intramolecular Hbond substituents is 1. The highest BCUT2D eigenvalue weighted by Gasteiger charge is 2.35. The van der Waals surface area contributed by atoms with Gasteiger partial charge in [-0.25, -0.2) is 4.68 Å². The van der Waals surface area contributed by atoms with Crippen molar-refractivity contribution < 1.29 is 19.4 Å². The number of methoxy groups -OCH3 is 1. The van der Waals surface area contributed by atoms with Crippen molar-refractivity contribution in [3.05, 3.63) is 83.8 Å². The lowest BCUT2D eigenvalue weighted by Gasteiger charge is -2.29. The molecule has 0 bridgehead atoms. The molecule has 3 heterocycles. The maximum absolute atomic E-state index is 13.6. The number of phenols is 1. The van der Waals surface area contributed by atoms with Crippen LogP contribution in [0.15, 0.2) is 78.3 Å². The van der Waals surface area contributed by atoms with Gasteiger partial charge in [-0.3, -0.25) is 9.78 Å². The van der Waals surface area contributed by atoms with Gasteiger partial charge in [-0.15, -0.1) is 5.10 Å². The maximum Gasteiger partial charge on any atom is 0.255 e. The van der Waals surface area contributed by atoms with Crippen LogP contribution in [0, 0.1) is 0 Å². The molecule has 4 aromatic rings. The van der Waals surface area contributed by atoms with E-state index in [1.165, 1.54) is 0 Å². The monoisotopic (exact) mass is 498 g/mol. The predicted molar refractivity (Wildman–Crippen MR) is 139 cm³/mol. The molecule has 2 aromatic heterocycles. The van der Waals surface area contributed by atoms with Crippen LogP contribution in [-0.2, 0) is 4.79 Å². The second kappa shape index (κ2) is 10.0. The molecule has 0 spiro atoms. The summed E-state index contributed by atoms with van der Waals surface area (Å²) < 4.78 is 13.0. The number of anilines is 2. The van der Waals surface area contributed by atoms with Crippen LogP contribution < -0.4 is 20.1 Å². The van der Waals surface area contributed by atoms with Crippen LogP contribution in [0.25, 0.3) is 11.4 Å². The molecule has 10 nitrogen and oxygen atoms in total. The van der Waals surface area contributed by atoms with E-state index in [0.717, 1.165) is 11.1 Å². The van der Waals surface area contributed by atoms with Crippen molar-refractivity contribution >= 4 is 17.5 Å². The Morgan fingerprint density at radius 2 is 1.97 bits per heavy atom. The molecule has 1 atom stereocenters. The standard InChI is InChI=1S/C27H26N6O4/c1-4-37-21-12-9-18(14-22(21)36-3)24-23(26(35)30-19-6-5-13-28-15-19)16(2)29-27-31-25(32-33(24)27)17-7-10-20(34)11-8-17/h5-15,24,34H,4H2,1-3H3,(H,30,35)(H,29,31,32). The Kier molecular flexibility index (Phi) is 6.46. The lowest BCUT2D eigenvalue weighted by atomic mass is 9.94. The number of fused-ring (bicyclic) bond motifs is 1. The van der Waals surface area contributed by atoms with Crippen molar-refractivity contribution in [2.45, 2.75) is 19.9 Å². The molecule has 5 rings (SSSR count). The van der Waals surface area contributed by atoms with Gasteiger partial charge < -0.3 is 25.2 Å². The third kappa shape index (κ3) is 4.68. The van der Waals surface area contributed by atoms with E-state index >= 15 is 0 Å². The number of amides is 1. The van der Waals surface area contributed by atoms with E-state index < -0.39 is 6.04 Å². The molecule has 1 aliphatic rings. The molecule has 1 aliphatic heterocycles. The van der Waals surface area contributed by atoms with E-state index in [4.69, 9.17) is 14.6 Å². The third-order valence-corrected chi connectivity index (χ3v) is 5.95. The molecular weight excluding hydrogens is 472 g/mol. The van der Waals surface area contributed by atoms with Crippen LogP contribution in [0.1, 0.15) is 25.5 Å². The van der Waals surface area contributed by atoms with E-state index in [1.807, 2.05) is 32.0 Å². The number of carbonyl (C=O) groups is 1. The van der Waals surface area contributed by atoms with Gasteiger partial charge in [0.2, 0.25) is 5.95 Å². The zero-order valence-electron chi connectivity index (χ0n) is 20.6. The van der Waals surface area contributed by atoms with Crippen LogP contribution in [0.4, 0.5) is 11.6 Å². The van der Waals surface area contributed by atoms with Gasteiger partial charge in [0.25, 0.3) is 5.91 Å². The Morgan fingerprint density at radius 1 is 1.16 bits per heavy atom. The summed E-state index contributed by atoms with van der Waals surface area (Å²) >= 11 is 0. The average Bonchev–Trinajstić information content (AvgIpc) is 3.32. The fourth-order valence-corrected chi connectivity index (χ4v) is 4.25. The summed E-state index contributed by atoms with van der Waals surface area (Å²) in [6, 6.07) is 15.1. The van der Waals surface area contributed by atoms with Gasteiger partial charge in [0.05, 0.1) is 31.2 Å². The second-order valence-electron chi connectivity index (χ2n) is 8.36. The van der Waals surface area contributed by atoms with Gasteiger partial charge in [-0.2, -0.15) is 4.98 Å². The Bertz CT molecular complexity index is 1460. The Balaban J connectivity index is 1.62. The number of aromatic nitrogens is 4. The summed E-state index contributed by atoms with van der Waals surface area (Å²) in [6.07, 6.45) is 3.23. The molecule has 2 aromatic carbocycles. The zero-order valence-corrected chi connectivity index (χ0v) is 20.6. The maximum atomic E-state index is 13.6. The number of ether oxygens (including phenoxy) is 2. The molecule has 0 saturated carbocycles. The fraction of sp³-hybridized carbons (Fsp3) is 0.185. The highest BCUT2D eigenvalue weighted by molar-refractivity contribution is 6.06. The molecule has 0 radical (unpaired) electrons. The molecule has 1 amide bonds. The van der Waals surface area contributed by atoms with E-state index in [-0.39, 0.29) is 11.7 Å². The van der Waals surface area contributed by atoms with Gasteiger partial charge in [-0.1, -0.05) is 6.07 Å². The number of carbonyl (C=O) groups excluding carboxylic acids is 1. The molecule has 0 aliphatic carbocycles. The number of benzene rings is 2. The second-order valence-corrected chi connectivity index (χ2v) is 8.36. The molecule has 10 heteroatoms. The van der Waals surface area contributed by atoms with E-state index in [9.17, 15) is 9.90 Å². The number of hydrogen-bond donors (Lipinski definition) is 3. The Hall–Kier alpha value is -4.86. The van der Waals surface area contributed by atoms with E-state index in [2.05, 4.69) is 20.6 Å². The summed E-state index contributed by atoms with van der Waals surface area (Å²) in [6.45, 7) is 4.22. The molecular formula is C27H26N6O4. The minimum absolute atomic E-state index is 0.150. The molecule has 0 saturated heterocycles. The normalized spacial score (nSPS) is 14.5. The largest absolute Gasteiger partial charge is 0.508 e. The minimum atomic E-state index is -0.615. The van der Waals surface area contributed by atoms with Gasteiger partial charge in [0.15, 0.2) is 17.3 Å². The van der Waals surface area contributed by atoms with Crippen LogP contribution in [0.3, 0.4) is 0 Å². The summed E-state index contributed by atoms with van der Waals surface area (Å²) in [4.78, 5) is 22.4. The summed E-state index contributed by atoms with van der Waals surface area (Å²) in [5.74, 6) is 1.93. The average molecular weight is 499 g/mol. The molecule has 37 heavy (non-hydrogen) atoms. The first-order valence-electron chi connectivity index (χ1n) is 11.7. The van der Waals surface area contributed by atoms with Gasteiger partial charge >= 0.3 is 0 Å². The number of allylic oxidation sites excluding steroid dienone is 1. The van der Waals surface area contributed by atoms with E-state index in [1.54, 1.807) is 60.6 Å². The molecule has 3 N–H and O–H groups in total. The van der Waals surface area contributed by atoms with Gasteiger partial charge in [-0.05, 0) is 67.9 Å². The lowest BCUT2D eigenvalue weighted by molar-refractivity contribution is -0.113. The third-order valence-electron chi connectivity index (χ3n) is 5.95. The summed E-state index contributed by atoms with van der Waals surface area (Å²) in [5.41, 5.74) is 3.16. The predicted octanol–water partition coefficient (Wildman–Crippen LogP) is 4.38. The van der Waals surface area contributed by atoms with Crippen LogP contribution in [0.2, 0.25) is 0 Å². The Labute approximate surface area is 213 Å². The quantitative estimate of drug-likeness (QED) is 0.343. The van der Waals surface area contributed by atoms with Gasteiger partial charge in [0, 0.05) is 17.5 Å². The lowest BCUT2D eigenvalue weighted by Crippen LogP contribution is -2.31. The highest BCUT2D eigenvalue weighted by Crippen LogP contribution is 2.40.